The summed E-state index contributed by atoms with van der Waals surface area (Å²) in [5.74, 6) is 0.107. The molecule has 0 bridgehead atoms. The van der Waals surface area contributed by atoms with Gasteiger partial charge >= 0.3 is 13.3 Å². The summed E-state index contributed by atoms with van der Waals surface area (Å²) in [6.45, 7) is -0.635. The number of ether oxygens (including phenoxy) is 1. The molecule has 0 unspecified atom stereocenters. The fourth-order valence-corrected chi connectivity index (χ4v) is 3.37. The first-order chi connectivity index (χ1) is 13.7. The molecule has 0 aliphatic heterocycles. The third kappa shape index (κ3) is 5.72. The Labute approximate surface area is 166 Å². The Bertz CT molecular complexity index is 1110. The third-order valence-corrected chi connectivity index (χ3v) is 4.88. The number of nitrogens with zero attached hydrogens (tertiary/aromatic N) is 2. The molecule has 0 saturated carbocycles. The van der Waals surface area contributed by atoms with Crippen molar-refractivity contribution in [3.05, 3.63) is 70.3 Å². The summed E-state index contributed by atoms with van der Waals surface area (Å²) in [7, 11) is -4.39. The molecular weight excluding hydrogens is 397 g/mol. The minimum Gasteiger partial charge on any atom is -0.394 e. The van der Waals surface area contributed by atoms with Crippen molar-refractivity contribution in [3.63, 3.8) is 0 Å². The van der Waals surface area contributed by atoms with E-state index >= 15 is 0 Å². The number of aromatic nitrogens is 2. The van der Waals surface area contributed by atoms with Crippen LogP contribution in [-0.4, -0.2) is 43.5 Å². The highest BCUT2D eigenvalue weighted by Crippen LogP contribution is 2.34. The van der Waals surface area contributed by atoms with Crippen molar-refractivity contribution in [1.82, 2.24) is 9.55 Å². The van der Waals surface area contributed by atoms with Crippen molar-refractivity contribution in [3.8, 4) is 0 Å². The predicted molar refractivity (Wildman–Crippen MR) is 109 cm³/mol. The molecule has 154 valence electrons. The molecule has 0 aliphatic carbocycles. The Kier molecular flexibility index (Phi) is 6.46. The summed E-state index contributed by atoms with van der Waals surface area (Å²) in [6, 6.07) is 13.9. The molecule has 1 aromatic heterocycles. The van der Waals surface area contributed by atoms with Gasteiger partial charge in [-0.15, -0.1) is 0 Å². The maximum Gasteiger partial charge on any atom is 0.350 e. The van der Waals surface area contributed by atoms with E-state index in [-0.39, 0.29) is 12.4 Å². The van der Waals surface area contributed by atoms with E-state index in [1.54, 1.807) is 0 Å². The normalized spacial score (nSPS) is 12.9. The second kappa shape index (κ2) is 8.86. The number of anilines is 1. The number of benzene rings is 2. The molecule has 3 rings (SSSR count). The van der Waals surface area contributed by atoms with Gasteiger partial charge in [-0.2, -0.15) is 4.98 Å². The van der Waals surface area contributed by atoms with Crippen LogP contribution in [0.4, 0.5) is 5.82 Å². The molecule has 3 aromatic rings. The molecule has 0 saturated heterocycles. The van der Waals surface area contributed by atoms with Crippen LogP contribution in [0, 0.1) is 0 Å². The van der Waals surface area contributed by atoms with Gasteiger partial charge in [-0.25, -0.2) is 4.79 Å². The summed E-state index contributed by atoms with van der Waals surface area (Å²) in [5.41, 5.74) is 6.89. The summed E-state index contributed by atoms with van der Waals surface area (Å²) in [6.07, 6.45) is 0.152. The van der Waals surface area contributed by atoms with E-state index in [4.69, 9.17) is 20.3 Å². The minimum absolute atomic E-state index is 0.107. The van der Waals surface area contributed by atoms with Gasteiger partial charge in [0.1, 0.15) is 12.2 Å². The van der Waals surface area contributed by atoms with Gasteiger partial charge in [-0.1, -0.05) is 42.5 Å². The molecule has 9 nitrogen and oxygen atoms in total. The number of fused-ring (bicyclic) bond motifs is 1. The van der Waals surface area contributed by atoms with Gasteiger partial charge in [0.25, 0.3) is 0 Å². The molecule has 0 spiro atoms. The molecule has 1 heterocycles. The van der Waals surface area contributed by atoms with Crippen LogP contribution < -0.4 is 11.4 Å². The lowest BCUT2D eigenvalue weighted by molar-refractivity contribution is 0.0188. The Morgan fingerprint density at radius 2 is 1.90 bits per heavy atom. The molecule has 10 heteroatoms. The smallest absolute Gasteiger partial charge is 0.350 e. The lowest BCUT2D eigenvalue weighted by Gasteiger charge is -2.18. The predicted octanol–water partition coefficient (Wildman–Crippen LogP) is 1.08. The van der Waals surface area contributed by atoms with Gasteiger partial charge in [-0.05, 0) is 16.3 Å². The van der Waals surface area contributed by atoms with Gasteiger partial charge in [0, 0.05) is 18.2 Å². The second-order valence-electron chi connectivity index (χ2n) is 6.71. The molecule has 29 heavy (non-hydrogen) atoms. The van der Waals surface area contributed by atoms with Gasteiger partial charge < -0.3 is 25.4 Å². The van der Waals surface area contributed by atoms with Crippen molar-refractivity contribution >= 4 is 24.2 Å². The first-order valence-corrected chi connectivity index (χ1v) is 10.7. The second-order valence-corrected chi connectivity index (χ2v) is 8.30. The summed E-state index contributed by atoms with van der Waals surface area (Å²) in [5, 5.41) is 11.6. The number of aliphatic hydroxyl groups excluding tert-OH is 1. The fraction of sp³-hybridized carbons (Fsp3) is 0.263. The van der Waals surface area contributed by atoms with E-state index in [9.17, 15) is 14.5 Å². The molecule has 0 amide bonds. The molecule has 5 N–H and O–H groups in total. The maximum atomic E-state index is 12.2. The van der Waals surface area contributed by atoms with Crippen LogP contribution in [0.3, 0.4) is 0 Å². The van der Waals surface area contributed by atoms with Crippen molar-refractivity contribution < 1.29 is 24.2 Å². The molecular formula is C19H22N3O6P. The van der Waals surface area contributed by atoms with E-state index in [0.717, 1.165) is 16.3 Å². The zero-order chi connectivity index (χ0) is 21.0. The molecule has 0 aliphatic rings. The summed E-state index contributed by atoms with van der Waals surface area (Å²) < 4.78 is 17.2. The van der Waals surface area contributed by atoms with E-state index in [0.29, 0.717) is 12.0 Å². The first kappa shape index (κ1) is 21.2. The SMILES string of the molecule is Nc1nc(=O)n(C[C@@H](CO)OCP(=O)(O)O)cc1Cc1ccc2ccccc2c1. The zero-order valence-corrected chi connectivity index (χ0v) is 16.4. The van der Waals surface area contributed by atoms with Crippen LogP contribution in [0.25, 0.3) is 10.8 Å². The zero-order valence-electron chi connectivity index (χ0n) is 15.5. The standard InChI is InChI=1S/C19H22N3O6P/c20-18-16(8-13-5-6-14-3-1-2-4-15(14)7-13)9-22(19(24)21-18)10-17(11-23)28-12-29(25,26)27/h1-7,9,17,23H,8,10-12H2,(H2,20,21,24)(H2,25,26,27)/t17-/m0/s1. The topological polar surface area (TPSA) is 148 Å². The minimum atomic E-state index is -4.39. The quantitative estimate of drug-likeness (QED) is 0.397. The average Bonchev–Trinajstić information content (AvgIpc) is 2.67. The highest BCUT2D eigenvalue weighted by molar-refractivity contribution is 7.51. The lowest BCUT2D eigenvalue weighted by Crippen LogP contribution is -2.33. The molecule has 1 atom stereocenters. The van der Waals surface area contributed by atoms with Crippen LogP contribution >= 0.6 is 7.60 Å². The fourth-order valence-electron chi connectivity index (χ4n) is 2.97. The number of hydrogen-bond acceptors (Lipinski definition) is 6. The number of nitrogen functional groups attached to an aromatic ring is 1. The highest BCUT2D eigenvalue weighted by Gasteiger charge is 2.19. The largest absolute Gasteiger partial charge is 0.394 e. The summed E-state index contributed by atoms with van der Waals surface area (Å²) >= 11 is 0. The van der Waals surface area contributed by atoms with Crippen LogP contribution in [-0.2, 0) is 22.3 Å². The maximum absolute atomic E-state index is 12.2. The Hall–Kier alpha value is -2.55. The number of hydrogen-bond donors (Lipinski definition) is 4. The van der Waals surface area contributed by atoms with E-state index in [1.165, 1.54) is 10.8 Å². The number of rotatable bonds is 8. The third-order valence-electron chi connectivity index (χ3n) is 4.39. The van der Waals surface area contributed by atoms with Crippen LogP contribution in [0.5, 0.6) is 0 Å². The van der Waals surface area contributed by atoms with Crippen LogP contribution in [0.1, 0.15) is 11.1 Å². The number of nitrogens with two attached hydrogens (primary N) is 1. The van der Waals surface area contributed by atoms with Gasteiger partial charge in [0.2, 0.25) is 0 Å². The van der Waals surface area contributed by atoms with E-state index < -0.39 is 32.3 Å². The average molecular weight is 419 g/mol. The number of aliphatic hydroxyl groups is 1. The van der Waals surface area contributed by atoms with Crippen molar-refractivity contribution in [2.24, 2.45) is 0 Å². The van der Waals surface area contributed by atoms with Gasteiger partial charge in [-0.3, -0.25) is 9.13 Å². The summed E-state index contributed by atoms with van der Waals surface area (Å²) in [4.78, 5) is 33.8. The van der Waals surface area contributed by atoms with Crippen molar-refractivity contribution in [2.75, 3.05) is 18.7 Å². The Balaban J connectivity index is 1.82. The Morgan fingerprint density at radius 1 is 1.17 bits per heavy atom. The van der Waals surface area contributed by atoms with E-state index in [2.05, 4.69) is 4.98 Å². The highest BCUT2D eigenvalue weighted by atomic mass is 31.2. The van der Waals surface area contributed by atoms with Crippen molar-refractivity contribution in [2.45, 2.75) is 19.1 Å². The monoisotopic (exact) mass is 419 g/mol. The van der Waals surface area contributed by atoms with Gasteiger partial charge in [0.15, 0.2) is 0 Å². The van der Waals surface area contributed by atoms with E-state index in [1.807, 2.05) is 42.5 Å². The molecule has 0 radical (unpaired) electrons. The van der Waals surface area contributed by atoms with Crippen LogP contribution in [0.2, 0.25) is 0 Å². The first-order valence-electron chi connectivity index (χ1n) is 8.86. The molecule has 2 aromatic carbocycles. The van der Waals surface area contributed by atoms with Crippen LogP contribution in [0.15, 0.2) is 53.5 Å². The molecule has 0 fully saturated rings. The Morgan fingerprint density at radius 3 is 2.59 bits per heavy atom. The lowest BCUT2D eigenvalue weighted by atomic mass is 10.0. The van der Waals surface area contributed by atoms with Gasteiger partial charge in [0.05, 0.1) is 19.3 Å². The van der Waals surface area contributed by atoms with Crippen molar-refractivity contribution in [1.29, 1.82) is 0 Å².